The lowest BCUT2D eigenvalue weighted by molar-refractivity contribution is 0.322. The molecule has 0 aromatic rings. The third-order valence-electron chi connectivity index (χ3n) is 2.64. The predicted molar refractivity (Wildman–Crippen MR) is 79.3 cm³/mol. The first-order valence-corrected chi connectivity index (χ1v) is 6.43. The van der Waals surface area contributed by atoms with E-state index in [0.717, 1.165) is 19.6 Å². The van der Waals surface area contributed by atoms with Gasteiger partial charge in [-0.1, -0.05) is 55.4 Å². The van der Waals surface area contributed by atoms with E-state index in [0.29, 0.717) is 0 Å². The highest BCUT2D eigenvalue weighted by atomic mass is 15.1. The summed E-state index contributed by atoms with van der Waals surface area (Å²) in [7, 11) is 0. The summed E-state index contributed by atoms with van der Waals surface area (Å²) in [4.78, 5) is 2.43. The summed E-state index contributed by atoms with van der Waals surface area (Å²) in [6, 6.07) is 0. The Kier molecular flexibility index (Phi) is 9.46. The molecule has 17 heavy (non-hydrogen) atoms. The minimum atomic E-state index is 0.968. The van der Waals surface area contributed by atoms with Crippen LogP contribution in [-0.2, 0) is 0 Å². The molecule has 1 nitrogen and oxygen atoms in total. The Bertz CT molecular complexity index is 284. The van der Waals surface area contributed by atoms with E-state index < -0.39 is 0 Å². The van der Waals surface area contributed by atoms with Crippen molar-refractivity contribution in [3.05, 3.63) is 48.6 Å². The van der Waals surface area contributed by atoms with Crippen molar-refractivity contribution in [1.82, 2.24) is 4.90 Å². The molecule has 0 radical (unpaired) electrons. The van der Waals surface area contributed by atoms with Crippen molar-refractivity contribution in [3.8, 4) is 0 Å². The number of unbranched alkanes of at least 4 members (excludes halogenated alkanes) is 1. The van der Waals surface area contributed by atoms with Gasteiger partial charge in [0.25, 0.3) is 0 Å². The van der Waals surface area contributed by atoms with Gasteiger partial charge in [-0.05, 0) is 26.8 Å². The van der Waals surface area contributed by atoms with Crippen molar-refractivity contribution >= 4 is 0 Å². The molecule has 0 atom stereocenters. The molecule has 96 valence electrons. The van der Waals surface area contributed by atoms with E-state index in [-0.39, 0.29) is 0 Å². The zero-order valence-corrected chi connectivity index (χ0v) is 11.7. The molecule has 0 aliphatic rings. The van der Waals surface area contributed by atoms with Gasteiger partial charge >= 0.3 is 0 Å². The third-order valence-corrected chi connectivity index (χ3v) is 2.64. The molecule has 0 saturated heterocycles. The van der Waals surface area contributed by atoms with Gasteiger partial charge in [-0.3, -0.25) is 4.90 Å². The fraction of sp³-hybridized carbons (Fsp3) is 0.500. The Labute approximate surface area is 107 Å². The zero-order chi connectivity index (χ0) is 13.1. The molecule has 0 aliphatic carbocycles. The van der Waals surface area contributed by atoms with Crippen LogP contribution >= 0.6 is 0 Å². The minimum absolute atomic E-state index is 0.968. The lowest BCUT2D eigenvalue weighted by Gasteiger charge is -2.20. The number of hydrogen-bond acceptors (Lipinski definition) is 1. The smallest absolute Gasteiger partial charge is 0.0196 e. The summed E-state index contributed by atoms with van der Waals surface area (Å²) in [5.74, 6) is 0. The second-order valence-electron chi connectivity index (χ2n) is 4.51. The average Bonchev–Trinajstić information content (AvgIpc) is 2.33. The predicted octanol–water partition coefficient (Wildman–Crippen LogP) is 4.35. The molecule has 0 spiro atoms. The highest BCUT2D eigenvalue weighted by molar-refractivity contribution is 5.22. The first-order chi connectivity index (χ1) is 8.13. The summed E-state index contributed by atoms with van der Waals surface area (Å²) in [6.07, 6.45) is 10.7. The van der Waals surface area contributed by atoms with E-state index in [2.05, 4.69) is 51.0 Å². The van der Waals surface area contributed by atoms with Crippen molar-refractivity contribution in [1.29, 1.82) is 0 Å². The Morgan fingerprint density at radius 3 is 2.41 bits per heavy atom. The van der Waals surface area contributed by atoms with Gasteiger partial charge in [0.2, 0.25) is 0 Å². The van der Waals surface area contributed by atoms with E-state index in [1.54, 1.807) is 0 Å². The van der Waals surface area contributed by atoms with Gasteiger partial charge in [-0.15, -0.1) is 6.58 Å². The molecule has 1 heteroatoms. The number of hydrogen-bond donors (Lipinski definition) is 0. The SMILES string of the molecule is C=CCN(CCCC)C/C(C)=C/C=C(/C)C=C. The average molecular weight is 233 g/mol. The molecule has 0 aromatic heterocycles. The molecule has 0 saturated carbocycles. The van der Waals surface area contributed by atoms with Crippen LogP contribution in [0.1, 0.15) is 33.6 Å². The van der Waals surface area contributed by atoms with E-state index in [9.17, 15) is 0 Å². The molecule has 0 aromatic carbocycles. The molecule has 0 amide bonds. The molecule has 0 rings (SSSR count). The number of allylic oxidation sites excluding steroid dienone is 4. The number of nitrogens with zero attached hydrogens (tertiary/aromatic N) is 1. The van der Waals surface area contributed by atoms with Gasteiger partial charge in [0.15, 0.2) is 0 Å². The molecule has 0 unspecified atom stereocenters. The van der Waals surface area contributed by atoms with Crippen LogP contribution < -0.4 is 0 Å². The van der Waals surface area contributed by atoms with Crippen LogP contribution in [0, 0.1) is 0 Å². The maximum absolute atomic E-state index is 3.82. The molecule has 0 N–H and O–H groups in total. The monoisotopic (exact) mass is 233 g/mol. The van der Waals surface area contributed by atoms with E-state index in [1.165, 1.54) is 24.0 Å². The Morgan fingerprint density at radius 2 is 1.88 bits per heavy atom. The zero-order valence-electron chi connectivity index (χ0n) is 11.7. The van der Waals surface area contributed by atoms with Gasteiger partial charge in [0.05, 0.1) is 0 Å². The first-order valence-electron chi connectivity index (χ1n) is 6.43. The van der Waals surface area contributed by atoms with E-state index in [1.807, 2.05) is 12.2 Å². The van der Waals surface area contributed by atoms with Crippen LogP contribution in [0.25, 0.3) is 0 Å². The lowest BCUT2D eigenvalue weighted by atomic mass is 10.2. The lowest BCUT2D eigenvalue weighted by Crippen LogP contribution is -2.26. The molecule has 0 fully saturated rings. The molecular weight excluding hydrogens is 206 g/mol. The highest BCUT2D eigenvalue weighted by Gasteiger charge is 2.02. The van der Waals surface area contributed by atoms with Crippen molar-refractivity contribution in [2.45, 2.75) is 33.6 Å². The summed E-state index contributed by atoms with van der Waals surface area (Å²) < 4.78 is 0. The molecular formula is C16H27N. The van der Waals surface area contributed by atoms with Crippen molar-refractivity contribution in [3.63, 3.8) is 0 Å². The summed E-state index contributed by atoms with van der Waals surface area (Å²) in [5.41, 5.74) is 2.58. The summed E-state index contributed by atoms with van der Waals surface area (Å²) >= 11 is 0. The van der Waals surface area contributed by atoms with Crippen LogP contribution in [0.4, 0.5) is 0 Å². The molecule has 0 heterocycles. The van der Waals surface area contributed by atoms with Gasteiger partial charge in [0.1, 0.15) is 0 Å². The maximum Gasteiger partial charge on any atom is 0.0196 e. The largest absolute Gasteiger partial charge is 0.296 e. The Morgan fingerprint density at radius 1 is 1.18 bits per heavy atom. The van der Waals surface area contributed by atoms with Crippen molar-refractivity contribution < 1.29 is 0 Å². The number of rotatable bonds is 9. The minimum Gasteiger partial charge on any atom is -0.296 e. The second kappa shape index (κ2) is 10.1. The van der Waals surface area contributed by atoms with Gasteiger partial charge in [-0.25, -0.2) is 0 Å². The topological polar surface area (TPSA) is 3.24 Å². The van der Waals surface area contributed by atoms with E-state index >= 15 is 0 Å². The van der Waals surface area contributed by atoms with Crippen LogP contribution in [0.3, 0.4) is 0 Å². The fourth-order valence-electron chi connectivity index (χ4n) is 1.55. The standard InChI is InChI=1S/C16H27N/c1-6-9-13-17(12-7-2)14-16(5)11-10-15(4)8-3/h7-8,10-11H,2-3,6,9,12-14H2,1,4-5H3/b15-10-,16-11+. The quantitative estimate of drug-likeness (QED) is 0.422. The van der Waals surface area contributed by atoms with Crippen LogP contribution in [-0.4, -0.2) is 24.5 Å². The third kappa shape index (κ3) is 8.70. The van der Waals surface area contributed by atoms with Crippen LogP contribution in [0.2, 0.25) is 0 Å². The normalized spacial score (nSPS) is 12.9. The maximum atomic E-state index is 3.82. The van der Waals surface area contributed by atoms with Crippen LogP contribution in [0.15, 0.2) is 48.6 Å². The first kappa shape index (κ1) is 15.9. The van der Waals surface area contributed by atoms with Gasteiger partial charge < -0.3 is 0 Å². The Hall–Kier alpha value is -1.08. The van der Waals surface area contributed by atoms with Crippen molar-refractivity contribution in [2.75, 3.05) is 19.6 Å². The van der Waals surface area contributed by atoms with Crippen molar-refractivity contribution in [2.24, 2.45) is 0 Å². The fourth-order valence-corrected chi connectivity index (χ4v) is 1.55. The highest BCUT2D eigenvalue weighted by Crippen LogP contribution is 2.03. The van der Waals surface area contributed by atoms with Crippen LogP contribution in [0.5, 0.6) is 0 Å². The van der Waals surface area contributed by atoms with Gasteiger partial charge in [-0.2, -0.15) is 0 Å². The summed E-state index contributed by atoms with van der Waals surface area (Å²) in [6.45, 7) is 17.2. The Balaban J connectivity index is 4.32. The molecule has 0 aliphatic heterocycles. The summed E-state index contributed by atoms with van der Waals surface area (Å²) in [5, 5.41) is 0. The van der Waals surface area contributed by atoms with E-state index in [4.69, 9.17) is 0 Å². The molecule has 0 bridgehead atoms. The van der Waals surface area contributed by atoms with Gasteiger partial charge in [0, 0.05) is 13.1 Å². The second-order valence-corrected chi connectivity index (χ2v) is 4.51.